The van der Waals surface area contributed by atoms with Crippen molar-refractivity contribution in [1.29, 1.82) is 0 Å². The summed E-state index contributed by atoms with van der Waals surface area (Å²) in [6, 6.07) is 5.93. The largest absolute Gasteiger partial charge is 0.493 e. The van der Waals surface area contributed by atoms with Gasteiger partial charge in [0.2, 0.25) is 0 Å². The molecule has 0 unspecified atom stereocenters. The first-order valence-electron chi connectivity index (χ1n) is 7.21. The molecule has 0 atom stereocenters. The number of quaternary nitrogens is 1. The molecule has 0 aliphatic heterocycles. The molecule has 1 N–H and O–H groups in total. The molecule has 0 aromatic heterocycles. The van der Waals surface area contributed by atoms with Gasteiger partial charge < -0.3 is 14.4 Å². The molecule has 0 spiro atoms. The van der Waals surface area contributed by atoms with Crippen molar-refractivity contribution in [2.24, 2.45) is 0 Å². The van der Waals surface area contributed by atoms with Crippen LogP contribution in [0.3, 0.4) is 0 Å². The number of ether oxygens (including phenoxy) is 2. The number of hydrogen-bond donors (Lipinski definition) is 1. The average molecular weight is 288 g/mol. The van der Waals surface area contributed by atoms with Crippen LogP contribution in [-0.4, -0.2) is 33.4 Å². The maximum atomic E-state index is 5.97. The van der Waals surface area contributed by atoms with Gasteiger partial charge in [-0.1, -0.05) is 31.4 Å². The maximum Gasteiger partial charge on any atom is 0.164 e. The fraction of sp³-hybridized carbons (Fsp3) is 0.333. The Balaban J connectivity index is 2.70. The van der Waals surface area contributed by atoms with Crippen LogP contribution in [0.1, 0.15) is 5.56 Å². The molecule has 3 nitrogen and oxygen atoms in total. The second kappa shape index (κ2) is 9.83. The van der Waals surface area contributed by atoms with Crippen molar-refractivity contribution in [2.45, 2.75) is 6.42 Å². The van der Waals surface area contributed by atoms with Crippen LogP contribution >= 0.6 is 0 Å². The predicted molar refractivity (Wildman–Crippen MR) is 88.3 cm³/mol. The van der Waals surface area contributed by atoms with E-state index in [2.05, 4.69) is 19.7 Å². The van der Waals surface area contributed by atoms with Crippen LogP contribution < -0.4 is 14.4 Å². The van der Waals surface area contributed by atoms with Crippen LogP contribution in [0.15, 0.2) is 56.2 Å². The van der Waals surface area contributed by atoms with E-state index in [9.17, 15) is 0 Å². The molecule has 3 heteroatoms. The quantitative estimate of drug-likeness (QED) is 0.630. The van der Waals surface area contributed by atoms with Crippen molar-refractivity contribution in [1.82, 2.24) is 0 Å². The molecule has 0 saturated heterocycles. The summed E-state index contributed by atoms with van der Waals surface area (Å²) in [6.07, 6.45) is 6.48. The number of hydrogen-bond acceptors (Lipinski definition) is 2. The van der Waals surface area contributed by atoms with Gasteiger partial charge in [-0.25, -0.2) is 0 Å². The van der Waals surface area contributed by atoms with E-state index in [0.717, 1.165) is 43.1 Å². The second-order valence-electron chi connectivity index (χ2n) is 4.78. The van der Waals surface area contributed by atoms with E-state index in [1.807, 2.05) is 36.4 Å². The van der Waals surface area contributed by atoms with Gasteiger partial charge in [0.05, 0.1) is 20.2 Å². The van der Waals surface area contributed by atoms with Gasteiger partial charge in [-0.2, -0.15) is 0 Å². The first-order valence-corrected chi connectivity index (χ1v) is 7.21. The Bertz CT molecular complexity index is 458. The van der Waals surface area contributed by atoms with E-state index in [0.29, 0.717) is 6.61 Å². The summed E-state index contributed by atoms with van der Waals surface area (Å²) in [5.74, 6) is 1.58. The number of methoxy groups -OCH3 is 1. The summed E-state index contributed by atoms with van der Waals surface area (Å²) in [5, 5.41) is 0. The minimum Gasteiger partial charge on any atom is -0.493 e. The molecule has 0 radical (unpaired) electrons. The smallest absolute Gasteiger partial charge is 0.164 e. The molecule has 0 aliphatic carbocycles. The van der Waals surface area contributed by atoms with Gasteiger partial charge in [0.15, 0.2) is 11.5 Å². The van der Waals surface area contributed by atoms with Crippen LogP contribution in [0, 0.1) is 0 Å². The Morgan fingerprint density at radius 3 is 2.38 bits per heavy atom. The maximum absolute atomic E-state index is 5.97. The first kappa shape index (κ1) is 17.1. The fourth-order valence-corrected chi connectivity index (χ4v) is 2.20. The summed E-state index contributed by atoms with van der Waals surface area (Å²) < 4.78 is 11.4. The minimum absolute atomic E-state index is 0.627. The van der Waals surface area contributed by atoms with Gasteiger partial charge in [-0.3, -0.25) is 0 Å². The van der Waals surface area contributed by atoms with Crippen LogP contribution in [0.5, 0.6) is 11.5 Å². The molecular weight excluding hydrogens is 262 g/mol. The van der Waals surface area contributed by atoms with E-state index in [4.69, 9.17) is 9.47 Å². The molecule has 0 bridgehead atoms. The van der Waals surface area contributed by atoms with Crippen LogP contribution in [0.2, 0.25) is 0 Å². The monoisotopic (exact) mass is 288 g/mol. The van der Waals surface area contributed by atoms with Crippen LogP contribution in [0.25, 0.3) is 0 Å². The van der Waals surface area contributed by atoms with Gasteiger partial charge >= 0.3 is 0 Å². The predicted octanol–water partition coefficient (Wildman–Crippen LogP) is 2.06. The van der Waals surface area contributed by atoms with E-state index in [-0.39, 0.29) is 0 Å². The summed E-state index contributed by atoms with van der Waals surface area (Å²) in [4.78, 5) is 1.38. The molecule has 1 rings (SSSR count). The molecule has 114 valence electrons. The second-order valence-corrected chi connectivity index (χ2v) is 4.78. The zero-order valence-corrected chi connectivity index (χ0v) is 12.9. The number of nitrogens with one attached hydrogen (secondary N) is 1. The third kappa shape index (κ3) is 5.48. The Labute approximate surface area is 128 Å². The molecule has 0 amide bonds. The van der Waals surface area contributed by atoms with Gasteiger partial charge in [0.25, 0.3) is 0 Å². The molecule has 0 fully saturated rings. The SMILES string of the molecule is C=CCc1cccc(OC)c1OCC[NH+](CC=C)CC=C. The van der Waals surface area contributed by atoms with E-state index >= 15 is 0 Å². The highest BCUT2D eigenvalue weighted by atomic mass is 16.5. The lowest BCUT2D eigenvalue weighted by Gasteiger charge is -2.18. The lowest BCUT2D eigenvalue weighted by molar-refractivity contribution is -0.888. The summed E-state index contributed by atoms with van der Waals surface area (Å²) >= 11 is 0. The van der Waals surface area contributed by atoms with E-state index in [1.54, 1.807) is 7.11 Å². The van der Waals surface area contributed by atoms with Crippen molar-refractivity contribution in [3.8, 4) is 11.5 Å². The molecular formula is C18H26NO2+. The van der Waals surface area contributed by atoms with Gasteiger partial charge in [-0.15, -0.1) is 6.58 Å². The summed E-state index contributed by atoms with van der Waals surface area (Å²) in [7, 11) is 1.66. The molecule has 0 aliphatic rings. The Hall–Kier alpha value is -2.00. The Kier molecular flexibility index (Phi) is 7.99. The highest BCUT2D eigenvalue weighted by Gasteiger charge is 2.11. The Morgan fingerprint density at radius 2 is 1.81 bits per heavy atom. The van der Waals surface area contributed by atoms with E-state index < -0.39 is 0 Å². The first-order chi connectivity index (χ1) is 10.3. The van der Waals surface area contributed by atoms with Gasteiger partial charge in [-0.05, 0) is 24.6 Å². The lowest BCUT2D eigenvalue weighted by Crippen LogP contribution is -3.12. The van der Waals surface area contributed by atoms with Crippen molar-refractivity contribution < 1.29 is 14.4 Å². The summed E-state index contributed by atoms with van der Waals surface area (Å²) in [5.41, 5.74) is 1.10. The van der Waals surface area contributed by atoms with Crippen LogP contribution in [-0.2, 0) is 6.42 Å². The summed E-state index contributed by atoms with van der Waals surface area (Å²) in [6.45, 7) is 14.7. The van der Waals surface area contributed by atoms with Crippen molar-refractivity contribution in [2.75, 3.05) is 33.4 Å². The molecule has 1 aromatic carbocycles. The van der Waals surface area contributed by atoms with Crippen molar-refractivity contribution in [3.05, 3.63) is 61.7 Å². The van der Waals surface area contributed by atoms with Crippen LogP contribution in [0.4, 0.5) is 0 Å². The lowest BCUT2D eigenvalue weighted by atomic mass is 10.1. The molecule has 0 saturated carbocycles. The van der Waals surface area contributed by atoms with Crippen molar-refractivity contribution in [3.63, 3.8) is 0 Å². The molecule has 21 heavy (non-hydrogen) atoms. The van der Waals surface area contributed by atoms with Gasteiger partial charge in [0, 0.05) is 5.56 Å². The highest BCUT2D eigenvalue weighted by Crippen LogP contribution is 2.31. The zero-order chi connectivity index (χ0) is 15.5. The number of para-hydroxylation sites is 1. The highest BCUT2D eigenvalue weighted by molar-refractivity contribution is 5.47. The standard InChI is InChI=1S/C18H25NO2/c1-5-9-16-10-8-11-17(20-4)18(16)21-15-14-19(12-6-2)13-7-3/h5-8,10-11H,1-3,9,12-15H2,4H3/p+1. The third-order valence-electron chi connectivity index (χ3n) is 3.21. The van der Waals surface area contributed by atoms with Gasteiger partial charge in [0.1, 0.15) is 13.2 Å². The number of allylic oxidation sites excluding steroid dienone is 1. The normalized spacial score (nSPS) is 10.2. The minimum atomic E-state index is 0.627. The van der Waals surface area contributed by atoms with E-state index in [1.165, 1.54) is 4.90 Å². The average Bonchev–Trinajstić information content (AvgIpc) is 2.49. The number of rotatable bonds is 11. The number of benzene rings is 1. The topological polar surface area (TPSA) is 22.9 Å². The fourth-order valence-electron chi connectivity index (χ4n) is 2.20. The molecule has 0 heterocycles. The zero-order valence-electron chi connectivity index (χ0n) is 12.9. The Morgan fingerprint density at radius 1 is 1.10 bits per heavy atom. The molecule has 1 aromatic rings. The third-order valence-corrected chi connectivity index (χ3v) is 3.21. The van der Waals surface area contributed by atoms with Crippen molar-refractivity contribution >= 4 is 0 Å².